The van der Waals surface area contributed by atoms with Crippen molar-refractivity contribution in [3.05, 3.63) is 62.1 Å². The van der Waals surface area contributed by atoms with Gasteiger partial charge < -0.3 is 10.1 Å². The van der Waals surface area contributed by atoms with Gasteiger partial charge in [-0.3, -0.25) is 9.48 Å². The van der Waals surface area contributed by atoms with Crippen molar-refractivity contribution in [2.45, 2.75) is 32.8 Å². The topological polar surface area (TPSA) is 74.0 Å². The van der Waals surface area contributed by atoms with Gasteiger partial charge in [-0.25, -0.2) is 4.68 Å². The molecule has 0 aliphatic heterocycles. The first-order valence-electron chi connectivity index (χ1n) is 9.26. The maximum atomic E-state index is 12.9. The van der Waals surface area contributed by atoms with Crippen molar-refractivity contribution in [3.8, 4) is 5.75 Å². The van der Waals surface area contributed by atoms with Crippen molar-refractivity contribution in [2.24, 2.45) is 0 Å². The number of nitrogens with one attached hydrogen (secondary N) is 1. The molecule has 0 aliphatic carbocycles. The van der Waals surface area contributed by atoms with Crippen LogP contribution in [0.4, 0.5) is 13.2 Å². The summed E-state index contributed by atoms with van der Waals surface area (Å²) in [6.45, 7) is 1.89. The molecule has 1 aromatic carbocycles. The Morgan fingerprint density at radius 3 is 2.66 bits per heavy atom. The Bertz CT molecular complexity index is 1120. The molecule has 1 N–H and O–H groups in total. The summed E-state index contributed by atoms with van der Waals surface area (Å²) in [5.41, 5.74) is -0.721. The standard InChI is InChI=1S/C19H17BrCl2F3N5O2/c1-11-16(22)17(19(23,24)25)28-30(11)7-2-6-26-18(31)14-5-8-29(27-14)10-32-15-4-3-12(20)9-13(15)21/h3-5,8-9H,2,6-7,10H2,1H3,(H,26,31). The van der Waals surface area contributed by atoms with Gasteiger partial charge in [0.1, 0.15) is 11.4 Å². The number of amides is 1. The quantitative estimate of drug-likeness (QED) is 0.382. The minimum Gasteiger partial charge on any atom is -0.470 e. The number of hydrogen-bond donors (Lipinski definition) is 1. The highest BCUT2D eigenvalue weighted by atomic mass is 79.9. The van der Waals surface area contributed by atoms with Crippen LogP contribution < -0.4 is 10.1 Å². The molecule has 0 aliphatic rings. The van der Waals surface area contributed by atoms with Crippen LogP contribution in [0, 0.1) is 6.92 Å². The third-order valence-corrected chi connectivity index (χ3v) is 5.59. The summed E-state index contributed by atoms with van der Waals surface area (Å²) >= 11 is 15.1. The van der Waals surface area contributed by atoms with Crippen LogP contribution in [0.25, 0.3) is 0 Å². The van der Waals surface area contributed by atoms with Gasteiger partial charge >= 0.3 is 6.18 Å². The van der Waals surface area contributed by atoms with E-state index < -0.39 is 22.8 Å². The number of carbonyl (C=O) groups is 1. The summed E-state index contributed by atoms with van der Waals surface area (Å²) in [6, 6.07) is 6.71. The largest absolute Gasteiger partial charge is 0.470 e. The fourth-order valence-electron chi connectivity index (χ4n) is 2.73. The number of alkyl halides is 3. The summed E-state index contributed by atoms with van der Waals surface area (Å²) in [5, 5.41) is 10.3. The molecule has 3 rings (SSSR count). The molecule has 0 atom stereocenters. The number of aromatic nitrogens is 4. The van der Waals surface area contributed by atoms with Crippen LogP contribution in [0.5, 0.6) is 5.75 Å². The minimum atomic E-state index is -4.62. The summed E-state index contributed by atoms with van der Waals surface area (Å²) < 4.78 is 47.6. The van der Waals surface area contributed by atoms with Crippen molar-refractivity contribution < 1.29 is 22.7 Å². The average Bonchev–Trinajstić information content (AvgIpc) is 3.30. The highest BCUT2D eigenvalue weighted by molar-refractivity contribution is 9.10. The molecule has 2 aromatic heterocycles. The molecule has 7 nitrogen and oxygen atoms in total. The van der Waals surface area contributed by atoms with Crippen LogP contribution in [-0.2, 0) is 19.5 Å². The van der Waals surface area contributed by atoms with Crippen LogP contribution in [0.1, 0.15) is 28.3 Å². The first-order chi connectivity index (χ1) is 15.1. The Labute approximate surface area is 199 Å². The maximum absolute atomic E-state index is 12.9. The number of benzene rings is 1. The van der Waals surface area contributed by atoms with E-state index in [0.717, 1.165) is 4.47 Å². The molecule has 13 heteroatoms. The van der Waals surface area contributed by atoms with Gasteiger partial charge in [-0.05, 0) is 37.6 Å². The predicted molar refractivity (Wildman–Crippen MR) is 116 cm³/mol. The van der Waals surface area contributed by atoms with Gasteiger partial charge in [0.15, 0.2) is 12.4 Å². The summed E-state index contributed by atoms with van der Waals surface area (Å²) in [4.78, 5) is 12.2. The molecule has 0 fully saturated rings. The lowest BCUT2D eigenvalue weighted by Gasteiger charge is -2.08. The average molecular weight is 555 g/mol. The Morgan fingerprint density at radius 2 is 2.00 bits per heavy atom. The fraction of sp³-hybridized carbons (Fsp3) is 0.316. The smallest absolute Gasteiger partial charge is 0.436 e. The van der Waals surface area contributed by atoms with Crippen molar-refractivity contribution in [1.82, 2.24) is 24.9 Å². The number of carbonyl (C=O) groups excluding carboxylic acids is 1. The Balaban J connectivity index is 1.47. The molecule has 0 radical (unpaired) electrons. The highest BCUT2D eigenvalue weighted by Crippen LogP contribution is 2.35. The van der Waals surface area contributed by atoms with E-state index >= 15 is 0 Å². The Kier molecular flexibility index (Phi) is 7.73. The van der Waals surface area contributed by atoms with Crippen LogP contribution in [0.2, 0.25) is 10.0 Å². The number of halogens is 6. The number of aryl methyl sites for hydroxylation is 1. The molecule has 2 heterocycles. The molecule has 0 saturated heterocycles. The monoisotopic (exact) mass is 553 g/mol. The first kappa shape index (κ1) is 24.4. The van der Waals surface area contributed by atoms with Crippen LogP contribution in [0.3, 0.4) is 0 Å². The molecule has 172 valence electrons. The van der Waals surface area contributed by atoms with Gasteiger partial charge in [-0.15, -0.1) is 0 Å². The molecule has 0 saturated carbocycles. The van der Waals surface area contributed by atoms with E-state index in [0.29, 0.717) is 17.2 Å². The van der Waals surface area contributed by atoms with Crippen LogP contribution in [-0.4, -0.2) is 32.0 Å². The predicted octanol–water partition coefficient (Wildman–Crippen LogP) is 5.33. The van der Waals surface area contributed by atoms with Crippen molar-refractivity contribution in [1.29, 1.82) is 0 Å². The molecule has 32 heavy (non-hydrogen) atoms. The number of rotatable bonds is 8. The van der Waals surface area contributed by atoms with E-state index in [2.05, 4.69) is 31.4 Å². The molecule has 3 aromatic rings. The third-order valence-electron chi connectivity index (χ3n) is 4.35. The molecule has 0 spiro atoms. The molecule has 0 unspecified atom stereocenters. The first-order valence-corrected chi connectivity index (χ1v) is 10.8. The van der Waals surface area contributed by atoms with E-state index in [4.69, 9.17) is 27.9 Å². The van der Waals surface area contributed by atoms with Gasteiger partial charge in [0, 0.05) is 23.8 Å². The zero-order valence-electron chi connectivity index (χ0n) is 16.6. The Morgan fingerprint density at radius 1 is 1.25 bits per heavy atom. The maximum Gasteiger partial charge on any atom is 0.436 e. The summed E-state index contributed by atoms with van der Waals surface area (Å²) in [6.07, 6.45) is -2.68. The van der Waals surface area contributed by atoms with Gasteiger partial charge in [0.25, 0.3) is 5.91 Å². The van der Waals surface area contributed by atoms with Gasteiger partial charge in [0.05, 0.1) is 15.7 Å². The second-order valence-corrected chi connectivity index (χ2v) is 8.37. The second-order valence-electron chi connectivity index (χ2n) is 6.67. The molecule has 1 amide bonds. The number of ether oxygens (including phenoxy) is 1. The third kappa shape index (κ3) is 5.96. The van der Waals surface area contributed by atoms with E-state index in [1.165, 1.54) is 22.4 Å². The zero-order valence-corrected chi connectivity index (χ0v) is 19.7. The van der Waals surface area contributed by atoms with E-state index in [9.17, 15) is 18.0 Å². The van der Waals surface area contributed by atoms with Crippen LogP contribution in [0.15, 0.2) is 34.9 Å². The van der Waals surface area contributed by atoms with Crippen molar-refractivity contribution >= 4 is 45.0 Å². The molecule has 0 bridgehead atoms. The summed E-state index contributed by atoms with van der Waals surface area (Å²) in [5.74, 6) is 0.0516. The second kappa shape index (κ2) is 10.1. The summed E-state index contributed by atoms with van der Waals surface area (Å²) in [7, 11) is 0. The van der Waals surface area contributed by atoms with Crippen molar-refractivity contribution in [2.75, 3.05) is 6.54 Å². The normalized spacial score (nSPS) is 11.6. The van der Waals surface area contributed by atoms with Crippen LogP contribution >= 0.6 is 39.1 Å². The minimum absolute atomic E-state index is 0.0511. The van der Waals surface area contributed by atoms with E-state index in [1.54, 1.807) is 24.4 Å². The Hall–Kier alpha value is -2.24. The number of hydrogen-bond acceptors (Lipinski definition) is 4. The lowest BCUT2D eigenvalue weighted by molar-refractivity contribution is -0.141. The zero-order chi connectivity index (χ0) is 23.5. The lowest BCUT2D eigenvalue weighted by Crippen LogP contribution is -2.26. The van der Waals surface area contributed by atoms with Gasteiger partial charge in [-0.2, -0.15) is 23.4 Å². The molecular formula is C19H17BrCl2F3N5O2. The fourth-order valence-corrected chi connectivity index (χ4v) is 3.70. The van der Waals surface area contributed by atoms with Crippen molar-refractivity contribution in [3.63, 3.8) is 0 Å². The lowest BCUT2D eigenvalue weighted by atomic mass is 10.3. The van der Waals surface area contributed by atoms with Gasteiger partial charge in [0.2, 0.25) is 0 Å². The van der Waals surface area contributed by atoms with Gasteiger partial charge in [-0.1, -0.05) is 39.1 Å². The van der Waals surface area contributed by atoms with E-state index in [1.807, 2.05) is 0 Å². The van der Waals surface area contributed by atoms with E-state index in [-0.39, 0.29) is 31.2 Å². The SMILES string of the molecule is Cc1c(Cl)c(C(F)(F)F)nn1CCCNC(=O)c1ccn(COc2ccc(Br)cc2Cl)n1. The highest BCUT2D eigenvalue weighted by Gasteiger charge is 2.38. The molecular weight excluding hydrogens is 538 g/mol. The number of nitrogens with zero attached hydrogens (tertiary/aromatic N) is 4.